The van der Waals surface area contributed by atoms with E-state index in [1.54, 1.807) is 17.0 Å². The van der Waals surface area contributed by atoms with Crippen LogP contribution in [0.5, 0.6) is 0 Å². The number of aryl methyl sites for hydroxylation is 2. The lowest BCUT2D eigenvalue weighted by Gasteiger charge is -2.34. The molecule has 31 heavy (non-hydrogen) atoms. The van der Waals surface area contributed by atoms with Crippen molar-refractivity contribution >= 4 is 29.2 Å². The number of urea groups is 1. The number of rotatable bonds is 4. The Morgan fingerprint density at radius 2 is 1.55 bits per heavy atom. The summed E-state index contributed by atoms with van der Waals surface area (Å²) < 4.78 is 13.0. The maximum atomic E-state index is 13.0. The molecule has 2 heterocycles. The Morgan fingerprint density at radius 3 is 2.23 bits per heavy atom. The van der Waals surface area contributed by atoms with Crippen molar-refractivity contribution in [2.75, 3.05) is 41.7 Å². The molecule has 0 aliphatic carbocycles. The normalized spacial score (nSPS) is 13.8. The minimum Gasteiger partial charge on any atom is -0.340 e. The van der Waals surface area contributed by atoms with Crippen LogP contribution < -0.4 is 15.5 Å². The molecule has 1 aliphatic rings. The summed E-state index contributed by atoms with van der Waals surface area (Å²) in [7, 11) is 0. The van der Waals surface area contributed by atoms with Crippen LogP contribution in [0.3, 0.4) is 0 Å². The van der Waals surface area contributed by atoms with Crippen LogP contribution in [-0.4, -0.2) is 47.1 Å². The van der Waals surface area contributed by atoms with Crippen molar-refractivity contribution < 1.29 is 9.18 Å². The predicted molar refractivity (Wildman–Crippen MR) is 120 cm³/mol. The van der Waals surface area contributed by atoms with Crippen molar-refractivity contribution in [1.82, 2.24) is 14.9 Å². The molecule has 0 atom stereocenters. The fourth-order valence-electron chi connectivity index (χ4n) is 3.39. The monoisotopic (exact) mass is 420 g/mol. The molecule has 2 N–H and O–H groups in total. The van der Waals surface area contributed by atoms with E-state index in [9.17, 15) is 9.18 Å². The van der Waals surface area contributed by atoms with E-state index in [2.05, 4.69) is 32.4 Å². The van der Waals surface area contributed by atoms with E-state index in [-0.39, 0.29) is 11.8 Å². The summed E-state index contributed by atoms with van der Waals surface area (Å²) in [5.74, 6) is 1.05. The largest absolute Gasteiger partial charge is 0.340 e. The molecular formula is C23H25FN6O. The third-order valence-corrected chi connectivity index (χ3v) is 5.11. The molecule has 2 amide bonds. The summed E-state index contributed by atoms with van der Waals surface area (Å²) in [6.45, 7) is 6.35. The van der Waals surface area contributed by atoms with Gasteiger partial charge in [0.1, 0.15) is 11.6 Å². The molecule has 1 saturated heterocycles. The van der Waals surface area contributed by atoms with Crippen LogP contribution in [-0.2, 0) is 0 Å². The molecule has 2 aromatic carbocycles. The number of halogens is 1. The number of carbonyl (C=O) groups excluding carboxylic acids is 1. The number of piperazine rings is 1. The summed E-state index contributed by atoms with van der Waals surface area (Å²) in [4.78, 5) is 25.6. The smallest absolute Gasteiger partial charge is 0.321 e. The molecule has 1 aromatic heterocycles. The summed E-state index contributed by atoms with van der Waals surface area (Å²) in [5.41, 5.74) is 3.61. The molecular weight excluding hydrogens is 395 g/mol. The van der Waals surface area contributed by atoms with E-state index in [1.807, 2.05) is 37.3 Å². The third kappa shape index (κ3) is 5.28. The fraction of sp³-hybridized carbons (Fsp3) is 0.261. The van der Waals surface area contributed by atoms with Gasteiger partial charge in [-0.05, 0) is 50.2 Å². The second-order valence-electron chi connectivity index (χ2n) is 7.60. The van der Waals surface area contributed by atoms with Crippen molar-refractivity contribution in [3.05, 3.63) is 71.7 Å². The SMILES string of the molecule is Cc1ccc(Nc2cc(C)nc(N3CCN(C(=O)Nc4ccc(F)cc4)CC3)n2)cc1. The van der Waals surface area contributed by atoms with E-state index < -0.39 is 0 Å². The lowest BCUT2D eigenvalue weighted by atomic mass is 10.2. The Hall–Kier alpha value is -3.68. The molecule has 1 fully saturated rings. The van der Waals surface area contributed by atoms with Gasteiger partial charge in [0.05, 0.1) is 0 Å². The van der Waals surface area contributed by atoms with Gasteiger partial charge in [-0.25, -0.2) is 14.2 Å². The van der Waals surface area contributed by atoms with Crippen molar-refractivity contribution in [3.8, 4) is 0 Å². The molecule has 7 nitrogen and oxygen atoms in total. The molecule has 0 spiro atoms. The fourth-order valence-corrected chi connectivity index (χ4v) is 3.39. The number of benzene rings is 2. The van der Waals surface area contributed by atoms with Gasteiger partial charge >= 0.3 is 6.03 Å². The number of anilines is 4. The van der Waals surface area contributed by atoms with Gasteiger partial charge in [-0.3, -0.25) is 0 Å². The lowest BCUT2D eigenvalue weighted by molar-refractivity contribution is 0.208. The van der Waals surface area contributed by atoms with E-state index in [1.165, 1.54) is 17.7 Å². The number of nitrogens with one attached hydrogen (secondary N) is 2. The first kappa shape index (κ1) is 20.6. The Bertz CT molecular complexity index is 1050. The number of nitrogens with zero attached hydrogens (tertiary/aromatic N) is 4. The number of amides is 2. The van der Waals surface area contributed by atoms with Crippen LogP contribution in [0.1, 0.15) is 11.3 Å². The Balaban J connectivity index is 1.37. The van der Waals surface area contributed by atoms with E-state index in [0.717, 1.165) is 17.2 Å². The zero-order chi connectivity index (χ0) is 21.8. The summed E-state index contributed by atoms with van der Waals surface area (Å²) in [6, 6.07) is 15.6. The highest BCUT2D eigenvalue weighted by Crippen LogP contribution is 2.20. The van der Waals surface area contributed by atoms with Gasteiger partial charge in [0.2, 0.25) is 5.95 Å². The quantitative estimate of drug-likeness (QED) is 0.657. The van der Waals surface area contributed by atoms with E-state index >= 15 is 0 Å². The van der Waals surface area contributed by atoms with Crippen LogP contribution >= 0.6 is 0 Å². The minimum absolute atomic E-state index is 0.196. The first-order valence-electron chi connectivity index (χ1n) is 10.2. The van der Waals surface area contributed by atoms with Crippen LogP contribution in [0.4, 0.5) is 32.3 Å². The van der Waals surface area contributed by atoms with Crippen molar-refractivity contribution in [1.29, 1.82) is 0 Å². The first-order valence-corrected chi connectivity index (χ1v) is 10.2. The van der Waals surface area contributed by atoms with Crippen molar-refractivity contribution in [2.24, 2.45) is 0 Å². The van der Waals surface area contributed by atoms with Crippen LogP contribution in [0.2, 0.25) is 0 Å². The minimum atomic E-state index is -0.332. The zero-order valence-electron chi connectivity index (χ0n) is 17.6. The standard InChI is InChI=1S/C23H25FN6O/c1-16-3-7-19(8-4-16)26-21-15-17(2)25-22(28-21)29-11-13-30(14-12-29)23(31)27-20-9-5-18(24)6-10-20/h3-10,15H,11-14H2,1-2H3,(H,27,31)(H,25,26,28). The van der Waals surface area contributed by atoms with E-state index in [4.69, 9.17) is 0 Å². The second kappa shape index (κ2) is 8.99. The molecule has 8 heteroatoms. The summed E-state index contributed by atoms with van der Waals surface area (Å²) in [6.07, 6.45) is 0. The number of carbonyl (C=O) groups is 1. The van der Waals surface area contributed by atoms with Gasteiger partial charge in [0.15, 0.2) is 0 Å². The molecule has 4 rings (SSSR count). The maximum absolute atomic E-state index is 13.0. The average Bonchev–Trinajstić information content (AvgIpc) is 2.77. The molecule has 160 valence electrons. The van der Waals surface area contributed by atoms with Crippen LogP contribution in [0, 0.1) is 19.7 Å². The highest BCUT2D eigenvalue weighted by molar-refractivity contribution is 5.89. The first-order chi connectivity index (χ1) is 15.0. The summed E-state index contributed by atoms with van der Waals surface area (Å²) in [5, 5.41) is 6.13. The molecule has 1 aliphatic heterocycles. The predicted octanol–water partition coefficient (Wildman–Crippen LogP) is 4.33. The number of hydrogen-bond donors (Lipinski definition) is 2. The topological polar surface area (TPSA) is 73.4 Å². The Kier molecular flexibility index (Phi) is 5.97. The maximum Gasteiger partial charge on any atom is 0.321 e. The second-order valence-corrected chi connectivity index (χ2v) is 7.60. The molecule has 0 bridgehead atoms. The highest BCUT2D eigenvalue weighted by Gasteiger charge is 2.23. The van der Waals surface area contributed by atoms with Crippen molar-refractivity contribution in [2.45, 2.75) is 13.8 Å². The van der Waals surface area contributed by atoms with Crippen LogP contribution in [0.15, 0.2) is 54.6 Å². The number of hydrogen-bond acceptors (Lipinski definition) is 5. The van der Waals surface area contributed by atoms with Crippen LogP contribution in [0.25, 0.3) is 0 Å². The molecule has 3 aromatic rings. The number of aromatic nitrogens is 2. The van der Waals surface area contributed by atoms with Crippen molar-refractivity contribution in [3.63, 3.8) is 0 Å². The van der Waals surface area contributed by atoms with Gasteiger partial charge in [0, 0.05) is 49.3 Å². The van der Waals surface area contributed by atoms with Gasteiger partial charge in [-0.1, -0.05) is 17.7 Å². The van der Waals surface area contributed by atoms with Gasteiger partial charge in [-0.15, -0.1) is 0 Å². The van der Waals surface area contributed by atoms with Gasteiger partial charge in [-0.2, -0.15) is 4.98 Å². The molecule has 0 radical (unpaired) electrons. The zero-order valence-corrected chi connectivity index (χ0v) is 17.6. The average molecular weight is 420 g/mol. The van der Waals surface area contributed by atoms with Gasteiger partial charge in [0.25, 0.3) is 0 Å². The third-order valence-electron chi connectivity index (χ3n) is 5.11. The Labute approximate surface area is 180 Å². The Morgan fingerprint density at radius 1 is 0.903 bits per heavy atom. The van der Waals surface area contributed by atoms with E-state index in [0.29, 0.717) is 37.8 Å². The van der Waals surface area contributed by atoms with Gasteiger partial charge < -0.3 is 20.4 Å². The molecule has 0 saturated carbocycles. The lowest BCUT2D eigenvalue weighted by Crippen LogP contribution is -2.50. The molecule has 0 unspecified atom stereocenters. The highest BCUT2D eigenvalue weighted by atomic mass is 19.1. The summed E-state index contributed by atoms with van der Waals surface area (Å²) >= 11 is 0.